The van der Waals surface area contributed by atoms with Crippen molar-refractivity contribution < 1.29 is 31.1 Å². The van der Waals surface area contributed by atoms with Crippen molar-refractivity contribution in [1.82, 2.24) is 9.88 Å². The molecular weight excluding hydrogens is 470 g/mol. The summed E-state index contributed by atoms with van der Waals surface area (Å²) in [7, 11) is 1.32. The lowest BCUT2D eigenvalue weighted by atomic mass is 9.97. The predicted molar refractivity (Wildman–Crippen MR) is 114 cm³/mol. The third kappa shape index (κ3) is 6.04. The fraction of sp³-hybridized carbons (Fsp3) is 0.217. The lowest BCUT2D eigenvalue weighted by Crippen LogP contribution is -2.27. The number of amides is 1. The zero-order chi connectivity index (χ0) is 23.7. The van der Waals surface area contributed by atoms with Gasteiger partial charge < -0.3 is 4.90 Å². The Morgan fingerprint density at radius 1 is 0.909 bits per heavy atom. The van der Waals surface area contributed by atoms with Gasteiger partial charge in [-0.25, -0.2) is 0 Å². The zero-order valence-electron chi connectivity index (χ0n) is 17.5. The molecule has 3 rings (SSSR count). The standard InChI is InChI=1S/C23H18F6N2O.ClH/c1-14-5-3-4-6-18(14)20-12-30-8-7-19(20)21(32)31(2)13-15-9-16(22(24,25)26)11-17(10-15)23(27,28)29;/h3-12H,13H2,1-2H3;1H. The fourth-order valence-electron chi connectivity index (χ4n) is 3.33. The highest BCUT2D eigenvalue weighted by atomic mass is 35.5. The topological polar surface area (TPSA) is 33.2 Å². The van der Waals surface area contributed by atoms with E-state index in [1.165, 1.54) is 25.5 Å². The molecule has 3 aromatic rings. The zero-order valence-corrected chi connectivity index (χ0v) is 18.3. The number of nitrogens with zero attached hydrogens (tertiary/aromatic N) is 2. The summed E-state index contributed by atoms with van der Waals surface area (Å²) < 4.78 is 78.7. The van der Waals surface area contributed by atoms with Gasteiger partial charge in [0.1, 0.15) is 0 Å². The molecule has 0 saturated heterocycles. The molecule has 2 aromatic carbocycles. The monoisotopic (exact) mass is 488 g/mol. The summed E-state index contributed by atoms with van der Waals surface area (Å²) in [4.78, 5) is 18.2. The summed E-state index contributed by atoms with van der Waals surface area (Å²) >= 11 is 0. The first-order chi connectivity index (χ1) is 14.9. The van der Waals surface area contributed by atoms with E-state index in [-0.39, 0.29) is 29.6 Å². The van der Waals surface area contributed by atoms with E-state index in [1.54, 1.807) is 12.1 Å². The molecule has 3 nitrogen and oxygen atoms in total. The Bertz CT molecular complexity index is 1110. The molecule has 1 heterocycles. The minimum atomic E-state index is -4.96. The summed E-state index contributed by atoms with van der Waals surface area (Å²) in [6.07, 6.45) is -7.02. The van der Waals surface area contributed by atoms with Crippen molar-refractivity contribution in [3.8, 4) is 11.1 Å². The molecule has 1 amide bonds. The van der Waals surface area contributed by atoms with Crippen molar-refractivity contribution in [2.24, 2.45) is 0 Å². The Kier molecular flexibility index (Phi) is 7.79. The number of rotatable bonds is 4. The van der Waals surface area contributed by atoms with Gasteiger partial charge in [-0.05, 0) is 47.9 Å². The molecule has 0 aliphatic carbocycles. The second-order valence-corrected chi connectivity index (χ2v) is 7.31. The van der Waals surface area contributed by atoms with Crippen molar-refractivity contribution in [3.05, 3.63) is 88.7 Å². The van der Waals surface area contributed by atoms with E-state index >= 15 is 0 Å². The van der Waals surface area contributed by atoms with Crippen LogP contribution in [-0.2, 0) is 18.9 Å². The average Bonchev–Trinajstić information content (AvgIpc) is 2.72. The van der Waals surface area contributed by atoms with Gasteiger partial charge in [0.2, 0.25) is 0 Å². The second-order valence-electron chi connectivity index (χ2n) is 7.31. The summed E-state index contributed by atoms with van der Waals surface area (Å²) in [5, 5.41) is 0. The molecule has 0 radical (unpaired) electrons. The number of alkyl halides is 6. The number of pyridine rings is 1. The number of hydrogen-bond donors (Lipinski definition) is 0. The lowest BCUT2D eigenvalue weighted by molar-refractivity contribution is -0.143. The summed E-state index contributed by atoms with van der Waals surface area (Å²) in [5.74, 6) is -0.559. The first-order valence-corrected chi connectivity index (χ1v) is 9.42. The number of hydrogen-bond acceptors (Lipinski definition) is 2. The van der Waals surface area contributed by atoms with E-state index in [9.17, 15) is 31.1 Å². The molecule has 0 fully saturated rings. The van der Waals surface area contributed by atoms with Crippen molar-refractivity contribution in [1.29, 1.82) is 0 Å². The van der Waals surface area contributed by atoms with E-state index in [0.717, 1.165) is 16.0 Å². The van der Waals surface area contributed by atoms with Gasteiger partial charge in [0.25, 0.3) is 5.91 Å². The maximum Gasteiger partial charge on any atom is 0.416 e. The smallest absolute Gasteiger partial charge is 0.337 e. The molecule has 0 saturated carbocycles. The van der Waals surface area contributed by atoms with Gasteiger partial charge in [0.05, 0.1) is 16.7 Å². The van der Waals surface area contributed by atoms with Gasteiger partial charge in [0, 0.05) is 31.5 Å². The van der Waals surface area contributed by atoms with Gasteiger partial charge in [-0.2, -0.15) is 26.3 Å². The average molecular weight is 489 g/mol. The molecule has 0 spiro atoms. The number of carbonyl (C=O) groups excluding carboxylic acids is 1. The van der Waals surface area contributed by atoms with E-state index < -0.39 is 35.9 Å². The third-order valence-electron chi connectivity index (χ3n) is 4.90. The molecule has 0 unspecified atom stereocenters. The number of halogens is 7. The Morgan fingerprint density at radius 3 is 2.03 bits per heavy atom. The minimum Gasteiger partial charge on any atom is -0.337 e. The van der Waals surface area contributed by atoms with Crippen LogP contribution in [0.2, 0.25) is 0 Å². The highest BCUT2D eigenvalue weighted by molar-refractivity contribution is 6.00. The van der Waals surface area contributed by atoms with Crippen LogP contribution in [-0.4, -0.2) is 22.8 Å². The van der Waals surface area contributed by atoms with Gasteiger partial charge in [0.15, 0.2) is 0 Å². The van der Waals surface area contributed by atoms with Gasteiger partial charge in [-0.15, -0.1) is 12.4 Å². The largest absolute Gasteiger partial charge is 0.416 e. The van der Waals surface area contributed by atoms with Crippen molar-refractivity contribution in [2.45, 2.75) is 25.8 Å². The summed E-state index contributed by atoms with van der Waals surface area (Å²) in [6, 6.07) is 10.0. The summed E-state index contributed by atoms with van der Waals surface area (Å²) in [5.41, 5.74) is -0.752. The van der Waals surface area contributed by atoms with Gasteiger partial charge in [-0.1, -0.05) is 24.3 Å². The number of aromatic nitrogens is 1. The molecule has 0 atom stereocenters. The number of aryl methyl sites for hydroxylation is 1. The van der Waals surface area contributed by atoms with Crippen LogP contribution in [0.3, 0.4) is 0 Å². The molecular formula is C23H19ClF6N2O. The van der Waals surface area contributed by atoms with Crippen LogP contribution in [0.4, 0.5) is 26.3 Å². The predicted octanol–water partition coefficient (Wildman–Crippen LogP) is 6.79. The van der Waals surface area contributed by atoms with Crippen LogP contribution >= 0.6 is 12.4 Å². The molecule has 0 aliphatic heterocycles. The fourth-order valence-corrected chi connectivity index (χ4v) is 3.33. The van der Waals surface area contributed by atoms with Crippen LogP contribution in [0, 0.1) is 6.92 Å². The molecule has 0 bridgehead atoms. The van der Waals surface area contributed by atoms with Crippen molar-refractivity contribution >= 4 is 18.3 Å². The van der Waals surface area contributed by atoms with E-state index in [4.69, 9.17) is 0 Å². The molecule has 0 aliphatic rings. The van der Waals surface area contributed by atoms with E-state index in [0.29, 0.717) is 17.7 Å². The number of carbonyl (C=O) groups is 1. The van der Waals surface area contributed by atoms with Crippen LogP contribution in [0.1, 0.15) is 32.6 Å². The molecule has 0 N–H and O–H groups in total. The van der Waals surface area contributed by atoms with Crippen LogP contribution in [0.15, 0.2) is 60.9 Å². The Labute approximate surface area is 192 Å². The number of benzene rings is 2. The maximum absolute atomic E-state index is 13.1. The normalized spacial score (nSPS) is 11.6. The quantitative estimate of drug-likeness (QED) is 0.379. The van der Waals surface area contributed by atoms with Crippen molar-refractivity contribution in [2.75, 3.05) is 7.05 Å². The molecule has 10 heteroatoms. The Balaban J connectivity index is 0.00000385. The first-order valence-electron chi connectivity index (χ1n) is 9.42. The third-order valence-corrected chi connectivity index (χ3v) is 4.90. The van der Waals surface area contributed by atoms with Gasteiger partial charge in [-0.3, -0.25) is 9.78 Å². The van der Waals surface area contributed by atoms with Crippen LogP contribution < -0.4 is 0 Å². The maximum atomic E-state index is 13.1. The first kappa shape index (κ1) is 26.2. The van der Waals surface area contributed by atoms with Crippen LogP contribution in [0.5, 0.6) is 0 Å². The molecule has 33 heavy (non-hydrogen) atoms. The lowest BCUT2D eigenvalue weighted by Gasteiger charge is -2.21. The minimum absolute atomic E-state index is 0. The molecule has 176 valence electrons. The van der Waals surface area contributed by atoms with Crippen molar-refractivity contribution in [3.63, 3.8) is 0 Å². The molecule has 1 aromatic heterocycles. The SMILES string of the molecule is Cc1ccccc1-c1cnccc1C(=O)N(C)Cc1cc(C(F)(F)F)cc(C(F)(F)F)c1.Cl. The highest BCUT2D eigenvalue weighted by Crippen LogP contribution is 2.36. The van der Waals surface area contributed by atoms with E-state index in [1.807, 2.05) is 19.1 Å². The Hall–Kier alpha value is -3.07. The van der Waals surface area contributed by atoms with Gasteiger partial charge >= 0.3 is 12.4 Å². The summed E-state index contributed by atoms with van der Waals surface area (Å²) in [6.45, 7) is 1.41. The second kappa shape index (κ2) is 9.82. The Morgan fingerprint density at radius 2 is 1.48 bits per heavy atom. The van der Waals surface area contributed by atoms with E-state index in [2.05, 4.69) is 4.98 Å². The van der Waals surface area contributed by atoms with Crippen LogP contribution in [0.25, 0.3) is 11.1 Å². The highest BCUT2D eigenvalue weighted by Gasteiger charge is 2.37.